The van der Waals surface area contributed by atoms with E-state index in [0.717, 1.165) is 11.5 Å². The van der Waals surface area contributed by atoms with Crippen LogP contribution in [-0.4, -0.2) is 0 Å². The normalized spacial score (nSPS) is 12.4. The first-order chi connectivity index (χ1) is 24.0. The molecular formula is C50H50O. The Labute approximate surface area is 305 Å². The molecule has 1 heterocycles. The van der Waals surface area contributed by atoms with Crippen LogP contribution in [0.2, 0.25) is 0 Å². The fourth-order valence-corrected chi connectivity index (χ4v) is 8.92. The predicted octanol–water partition coefficient (Wildman–Crippen LogP) is 14.3. The van der Waals surface area contributed by atoms with Gasteiger partial charge in [-0.2, -0.15) is 0 Å². The van der Waals surface area contributed by atoms with Crippen LogP contribution in [0.15, 0.2) is 91.0 Å². The van der Waals surface area contributed by atoms with E-state index in [9.17, 15) is 0 Å². The first kappa shape index (κ1) is 34.3. The van der Waals surface area contributed by atoms with E-state index in [4.69, 9.17) is 4.74 Å². The monoisotopic (exact) mass is 666 g/mol. The number of rotatable bonds is 3. The van der Waals surface area contributed by atoms with Crippen molar-refractivity contribution in [3.05, 3.63) is 163 Å². The van der Waals surface area contributed by atoms with Crippen molar-refractivity contribution < 1.29 is 4.74 Å². The Morgan fingerprint density at radius 2 is 0.706 bits per heavy atom. The average molecular weight is 667 g/mol. The van der Waals surface area contributed by atoms with Crippen LogP contribution in [0.25, 0.3) is 43.8 Å². The zero-order valence-corrected chi connectivity index (χ0v) is 31.1. The largest absolute Gasteiger partial charge is 0.457 e. The van der Waals surface area contributed by atoms with Crippen molar-refractivity contribution in [2.45, 2.75) is 82.6 Å². The van der Waals surface area contributed by atoms with Gasteiger partial charge in [0, 0.05) is 17.0 Å². The Balaban J connectivity index is 0.00000406. The lowest BCUT2D eigenvalue weighted by molar-refractivity contribution is 0.455. The summed E-state index contributed by atoms with van der Waals surface area (Å²) in [5, 5.41) is 5.44. The molecule has 1 heteroatoms. The van der Waals surface area contributed by atoms with Gasteiger partial charge in [-0.3, -0.25) is 0 Å². The molecule has 1 nitrogen and oxygen atoms in total. The molecule has 7 aromatic carbocycles. The number of fused-ring (bicyclic) bond motifs is 6. The Bertz CT molecular complexity index is 2400. The lowest BCUT2D eigenvalue weighted by Gasteiger charge is -2.34. The topological polar surface area (TPSA) is 9.23 Å². The number of benzene rings is 7. The third-order valence-electron chi connectivity index (χ3n) is 12.3. The molecule has 0 N–H and O–H groups in total. The van der Waals surface area contributed by atoms with Crippen LogP contribution < -0.4 is 4.74 Å². The molecule has 0 saturated carbocycles. The Morgan fingerprint density at radius 3 is 1.10 bits per heavy atom. The molecule has 0 saturated heterocycles. The van der Waals surface area contributed by atoms with Gasteiger partial charge in [-0.25, -0.2) is 0 Å². The number of aryl methyl sites for hydroxylation is 6. The van der Waals surface area contributed by atoms with Gasteiger partial charge in [-0.05, 0) is 186 Å². The highest BCUT2D eigenvalue weighted by atomic mass is 16.5. The summed E-state index contributed by atoms with van der Waals surface area (Å²) in [6.07, 6.45) is 0. The summed E-state index contributed by atoms with van der Waals surface area (Å²) >= 11 is 0. The summed E-state index contributed by atoms with van der Waals surface area (Å²) in [5.41, 5.74) is 22.3. The maximum absolute atomic E-state index is 7.08. The van der Waals surface area contributed by atoms with Crippen LogP contribution in [0.1, 0.15) is 85.7 Å². The van der Waals surface area contributed by atoms with Crippen LogP contribution in [0.3, 0.4) is 0 Å². The Morgan fingerprint density at radius 1 is 0.373 bits per heavy atom. The highest BCUT2D eigenvalue weighted by Gasteiger charge is 2.35. The number of hydrogen-bond acceptors (Lipinski definition) is 1. The lowest BCUT2D eigenvalue weighted by Crippen LogP contribution is -2.16. The third kappa shape index (κ3) is 5.12. The van der Waals surface area contributed by atoms with Crippen molar-refractivity contribution in [3.8, 4) is 33.8 Å². The van der Waals surface area contributed by atoms with Gasteiger partial charge >= 0.3 is 0 Å². The molecule has 256 valence electrons. The standard InChI is InChI=1S/C49H46O.CH4/c1-26-24-41-48(45-34(9)30(5)28(3)32(7)43(26)45)47(49-42(50-41)25-27(2)44-33(8)29(4)31(6)35(10)46(44)49)40-22-20-39(21-23-40)38-18-16-37(17-19-38)36-14-12-11-13-15-36;/h11-25,47H,1-10H3;1H4. The molecule has 0 unspecified atom stereocenters. The lowest BCUT2D eigenvalue weighted by atomic mass is 9.74. The molecule has 0 amide bonds. The van der Waals surface area contributed by atoms with Crippen molar-refractivity contribution in [1.82, 2.24) is 0 Å². The summed E-state index contributed by atoms with van der Waals surface area (Å²) in [5.74, 6) is 1.97. The molecule has 7 aromatic rings. The fraction of sp³-hybridized carbons (Fsp3) is 0.240. The van der Waals surface area contributed by atoms with Crippen molar-refractivity contribution in [1.29, 1.82) is 0 Å². The van der Waals surface area contributed by atoms with Crippen molar-refractivity contribution >= 4 is 21.5 Å². The summed E-state index contributed by atoms with van der Waals surface area (Å²) in [4.78, 5) is 0. The Hall–Kier alpha value is -5.14. The SMILES string of the molecule is C.Cc1c(C)c(C)c2c3c(cc(C)c2c1C)Oc1cc(C)c2c(C)c(C)c(C)c(C)c2c1C3c1ccc(-c2ccc(-c3ccccc3)cc2)cc1. The molecule has 0 aromatic heterocycles. The fourth-order valence-electron chi connectivity index (χ4n) is 8.92. The van der Waals surface area contributed by atoms with E-state index in [1.807, 2.05) is 0 Å². The average Bonchev–Trinajstić information content (AvgIpc) is 3.13. The van der Waals surface area contributed by atoms with E-state index in [2.05, 4.69) is 160 Å². The molecule has 8 rings (SSSR count). The first-order valence-electron chi connectivity index (χ1n) is 18.0. The number of hydrogen-bond donors (Lipinski definition) is 0. The van der Waals surface area contributed by atoms with Crippen LogP contribution in [0.4, 0.5) is 0 Å². The van der Waals surface area contributed by atoms with Crippen molar-refractivity contribution in [3.63, 3.8) is 0 Å². The summed E-state index contributed by atoms with van der Waals surface area (Å²) in [6, 6.07) is 33.5. The third-order valence-corrected chi connectivity index (χ3v) is 12.3. The van der Waals surface area contributed by atoms with Crippen molar-refractivity contribution in [2.75, 3.05) is 0 Å². The maximum Gasteiger partial charge on any atom is 0.132 e. The number of ether oxygens (including phenoxy) is 1. The molecule has 1 aliphatic rings. The van der Waals surface area contributed by atoms with Gasteiger partial charge in [0.1, 0.15) is 11.5 Å². The molecule has 1 aliphatic heterocycles. The van der Waals surface area contributed by atoms with Crippen molar-refractivity contribution in [2.24, 2.45) is 0 Å². The second kappa shape index (κ2) is 12.6. The zero-order chi connectivity index (χ0) is 35.2. The molecule has 0 spiro atoms. The van der Waals surface area contributed by atoms with Crippen LogP contribution in [0.5, 0.6) is 11.5 Å². The zero-order valence-electron chi connectivity index (χ0n) is 31.1. The van der Waals surface area contributed by atoms with Crippen LogP contribution >= 0.6 is 0 Å². The first-order valence-corrected chi connectivity index (χ1v) is 18.0. The highest BCUT2D eigenvalue weighted by molar-refractivity contribution is 6.03. The minimum atomic E-state index is 0. The molecule has 0 fully saturated rings. The van der Waals surface area contributed by atoms with Crippen LogP contribution in [0, 0.1) is 69.2 Å². The van der Waals surface area contributed by atoms with E-state index in [-0.39, 0.29) is 13.3 Å². The summed E-state index contributed by atoms with van der Waals surface area (Å²) in [6.45, 7) is 22.9. The van der Waals surface area contributed by atoms with Gasteiger partial charge in [0.05, 0.1) is 0 Å². The van der Waals surface area contributed by atoms with Gasteiger partial charge in [0.2, 0.25) is 0 Å². The van der Waals surface area contributed by atoms with Gasteiger partial charge in [0.25, 0.3) is 0 Å². The molecule has 0 bridgehead atoms. The predicted molar refractivity (Wildman–Crippen MR) is 220 cm³/mol. The van der Waals surface area contributed by atoms with Gasteiger partial charge < -0.3 is 4.74 Å². The molecule has 0 aliphatic carbocycles. The summed E-state index contributed by atoms with van der Waals surface area (Å²) < 4.78 is 7.08. The highest BCUT2D eigenvalue weighted by Crippen LogP contribution is 2.55. The Kier molecular flexibility index (Phi) is 8.46. The van der Waals surface area contributed by atoms with Gasteiger partial charge in [-0.1, -0.05) is 86.3 Å². The minimum Gasteiger partial charge on any atom is -0.457 e. The quantitative estimate of drug-likeness (QED) is 0.182. The molecular weight excluding hydrogens is 617 g/mol. The van der Waals surface area contributed by atoms with E-state index in [0.29, 0.717) is 0 Å². The van der Waals surface area contributed by atoms with E-state index in [1.165, 1.54) is 116 Å². The van der Waals surface area contributed by atoms with Crippen LogP contribution in [-0.2, 0) is 0 Å². The second-order valence-corrected chi connectivity index (χ2v) is 14.8. The summed E-state index contributed by atoms with van der Waals surface area (Å²) in [7, 11) is 0. The molecule has 0 atom stereocenters. The smallest absolute Gasteiger partial charge is 0.132 e. The second-order valence-electron chi connectivity index (χ2n) is 14.8. The minimum absolute atomic E-state index is 0. The molecule has 0 radical (unpaired) electrons. The maximum atomic E-state index is 7.08. The van der Waals surface area contributed by atoms with E-state index >= 15 is 0 Å². The van der Waals surface area contributed by atoms with E-state index < -0.39 is 0 Å². The van der Waals surface area contributed by atoms with E-state index in [1.54, 1.807) is 0 Å². The molecule has 51 heavy (non-hydrogen) atoms. The van der Waals surface area contributed by atoms with Gasteiger partial charge in [0.15, 0.2) is 0 Å². The van der Waals surface area contributed by atoms with Gasteiger partial charge in [-0.15, -0.1) is 0 Å².